The Hall–Kier alpha value is -7.42. The summed E-state index contributed by atoms with van der Waals surface area (Å²) in [6.07, 6.45) is 3.74. The van der Waals surface area contributed by atoms with Gasteiger partial charge in [-0.05, 0) is 38.8 Å². The third-order valence-corrected chi connectivity index (χ3v) is 13.5. The van der Waals surface area contributed by atoms with Crippen LogP contribution in [0.4, 0.5) is 11.9 Å². The summed E-state index contributed by atoms with van der Waals surface area (Å²) in [6, 6.07) is 16.9. The lowest BCUT2D eigenvalue weighted by molar-refractivity contribution is -0.145. The van der Waals surface area contributed by atoms with Crippen molar-refractivity contribution >= 4 is 73.1 Å². The van der Waals surface area contributed by atoms with Gasteiger partial charge in [-0.1, -0.05) is 60.7 Å². The quantitative estimate of drug-likeness (QED) is 0.0172. The first kappa shape index (κ1) is 61.1. The van der Waals surface area contributed by atoms with Crippen LogP contribution in [0.2, 0.25) is 0 Å². The molecule has 0 fully saturated rings. The van der Waals surface area contributed by atoms with E-state index in [2.05, 4.69) is 40.1 Å². The molecule has 28 nitrogen and oxygen atoms in total. The predicted molar refractivity (Wildman–Crippen MR) is 275 cm³/mol. The zero-order valence-corrected chi connectivity index (χ0v) is 44.3. The number of hydrogen-bond acceptors (Lipinski definition) is 22. The number of nitrogens with one attached hydrogen (secondary N) is 2. The van der Waals surface area contributed by atoms with Crippen molar-refractivity contribution in [2.24, 2.45) is 0 Å². The number of carbonyl (C=O) groups is 4. The smallest absolute Gasteiger partial charge is 0.328 e. The first-order valence-electron chi connectivity index (χ1n) is 23.1. The molecular formula is C46H62N12O16P2. The fourth-order valence-corrected chi connectivity index (χ4v) is 9.57. The van der Waals surface area contributed by atoms with Crippen LogP contribution in [0.1, 0.15) is 38.8 Å². The molecule has 6 rings (SSSR count). The van der Waals surface area contributed by atoms with Gasteiger partial charge in [-0.3, -0.25) is 18.7 Å². The molecule has 412 valence electrons. The monoisotopic (exact) mass is 1100 g/mol. The number of carboxylic acids is 2. The summed E-state index contributed by atoms with van der Waals surface area (Å²) in [5.74, 6) is -2.90. The van der Waals surface area contributed by atoms with Crippen LogP contribution in [0.5, 0.6) is 11.8 Å². The molecule has 30 heteroatoms. The number of carbonyl (C=O) groups excluding carboxylic acids is 2. The maximum Gasteiger partial charge on any atom is 0.328 e. The van der Waals surface area contributed by atoms with E-state index in [1.807, 2.05) is 60.7 Å². The highest BCUT2D eigenvalue weighted by molar-refractivity contribution is 7.57. The fourth-order valence-electron chi connectivity index (χ4n) is 6.28. The number of imidazole rings is 2. The molecule has 0 aliphatic rings. The number of nitrogen functional groups attached to an aromatic ring is 2. The van der Waals surface area contributed by atoms with Gasteiger partial charge in [-0.25, -0.2) is 29.7 Å². The predicted octanol–water partition coefficient (Wildman–Crippen LogP) is 4.40. The minimum absolute atomic E-state index is 0.0583. The summed E-state index contributed by atoms with van der Waals surface area (Å²) >= 11 is 0. The number of aliphatic carboxylic acids is 2. The van der Waals surface area contributed by atoms with Gasteiger partial charge in [0.2, 0.25) is 23.7 Å². The highest BCUT2D eigenvalue weighted by Gasteiger charge is 2.31. The van der Waals surface area contributed by atoms with Crippen molar-refractivity contribution in [2.45, 2.75) is 66.1 Å². The summed E-state index contributed by atoms with van der Waals surface area (Å²) in [5, 5.41) is 21.1. The van der Waals surface area contributed by atoms with Crippen LogP contribution in [-0.2, 0) is 82.6 Å². The van der Waals surface area contributed by atoms with Crippen molar-refractivity contribution < 1.29 is 76.0 Å². The molecule has 6 aromatic rings. The van der Waals surface area contributed by atoms with Crippen molar-refractivity contribution in [2.75, 3.05) is 64.8 Å². The molecule has 0 saturated carbocycles. The molecule has 0 unspecified atom stereocenters. The number of carboxylic acid groups (broad SMARTS) is 2. The Labute approximate surface area is 436 Å². The summed E-state index contributed by atoms with van der Waals surface area (Å²) in [4.78, 5) is 68.1. The van der Waals surface area contributed by atoms with Crippen molar-refractivity contribution in [3.63, 3.8) is 0 Å². The fraction of sp³-hybridized carbons (Fsp3) is 0.391. The molecule has 0 radical (unpaired) electrons. The lowest BCUT2D eigenvalue weighted by Gasteiger charge is -2.23. The summed E-state index contributed by atoms with van der Waals surface area (Å²) < 4.78 is 73.5. The molecule has 4 atom stereocenters. The zero-order valence-electron chi connectivity index (χ0n) is 42.5. The second-order valence-electron chi connectivity index (χ2n) is 15.6. The average Bonchev–Trinajstić information content (AvgIpc) is 4.01. The van der Waals surface area contributed by atoms with E-state index in [9.17, 15) is 28.3 Å². The Balaban J connectivity index is 0.000000287. The van der Waals surface area contributed by atoms with E-state index < -0.39 is 51.0 Å². The number of hydrogen-bond donors (Lipinski definition) is 6. The molecule has 76 heavy (non-hydrogen) atoms. The van der Waals surface area contributed by atoms with Crippen LogP contribution in [0.25, 0.3) is 22.3 Å². The molecule has 0 spiro atoms. The Morgan fingerprint density at radius 3 is 1.33 bits per heavy atom. The number of benzene rings is 2. The van der Waals surface area contributed by atoms with Crippen LogP contribution in [-0.4, -0.2) is 139 Å². The number of nitrogens with zero attached hydrogens (tertiary/aromatic N) is 8. The highest BCUT2D eigenvalue weighted by atomic mass is 31.2. The van der Waals surface area contributed by atoms with Crippen LogP contribution < -0.4 is 31.1 Å². The molecule has 8 N–H and O–H groups in total. The number of anilines is 2. The van der Waals surface area contributed by atoms with Gasteiger partial charge in [0, 0.05) is 25.2 Å². The Kier molecular flexibility index (Phi) is 24.8. The highest BCUT2D eigenvalue weighted by Crippen LogP contribution is 2.45. The number of ether oxygens (including phenoxy) is 6. The summed E-state index contributed by atoms with van der Waals surface area (Å²) in [5.41, 5.74) is 15.1. The molecular weight excluding hydrogens is 1040 g/mol. The number of esters is 2. The van der Waals surface area contributed by atoms with Gasteiger partial charge in [0.05, 0.1) is 66.5 Å². The molecule has 0 aliphatic heterocycles. The maximum absolute atomic E-state index is 13.5. The molecule has 4 heterocycles. The number of methoxy groups -OCH3 is 2. The minimum Gasteiger partial charge on any atom is -0.479 e. The topological polar surface area (TPSA) is 380 Å². The number of rotatable bonds is 28. The molecule has 4 aromatic heterocycles. The van der Waals surface area contributed by atoms with Gasteiger partial charge in [-0.15, -0.1) is 0 Å². The first-order valence-corrected chi connectivity index (χ1v) is 26.7. The summed E-state index contributed by atoms with van der Waals surface area (Å²) in [6.45, 7) is 8.18. The minimum atomic E-state index is -3.56. The van der Waals surface area contributed by atoms with E-state index in [0.717, 1.165) is 11.1 Å². The first-order chi connectivity index (χ1) is 36.3. The summed E-state index contributed by atoms with van der Waals surface area (Å²) in [7, 11) is -4.17. The average molecular weight is 1100 g/mol. The van der Waals surface area contributed by atoms with Gasteiger partial charge < -0.3 is 68.3 Å². The Bertz CT molecular complexity index is 2750. The van der Waals surface area contributed by atoms with E-state index in [0.29, 0.717) is 47.6 Å². The zero-order chi connectivity index (χ0) is 55.7. The van der Waals surface area contributed by atoms with Crippen LogP contribution in [0, 0.1) is 0 Å². The van der Waals surface area contributed by atoms with E-state index in [4.69, 9.17) is 59.1 Å². The van der Waals surface area contributed by atoms with E-state index >= 15 is 0 Å². The normalized spacial score (nSPS) is 13.5. The van der Waals surface area contributed by atoms with Gasteiger partial charge in [0.1, 0.15) is 24.8 Å². The molecule has 0 saturated heterocycles. The lowest BCUT2D eigenvalue weighted by Crippen LogP contribution is -2.34. The second kappa shape index (κ2) is 30.8. The second-order valence-corrected chi connectivity index (χ2v) is 19.8. The molecule has 2 aromatic carbocycles. The molecule has 0 amide bonds. The van der Waals surface area contributed by atoms with Crippen molar-refractivity contribution in [1.29, 1.82) is 0 Å². The third kappa shape index (κ3) is 20.0. The van der Waals surface area contributed by atoms with Crippen molar-refractivity contribution in [3.8, 4) is 11.8 Å². The standard InChI is InChI=1S/2C21H29N6O6P.C4H4O4/c2*1-4-32-20(28)15(2)26-34(29,33-12-16-8-6-5-7-9-16)14-31-11-10-27-13-23-17-18(27)24-21(22)25-19(17)30-3;5-3(6)1-2-4(7)8/h2*5-9,13,15H,4,10-12,14H2,1-3H3,(H,26,29)(H2,22,24,25);1-2H,(H,5,6)(H,7,8)/b;;2-1+/t2*15-,34+;/m00./s1. The molecule has 0 bridgehead atoms. The van der Waals surface area contributed by atoms with Crippen molar-refractivity contribution in [3.05, 3.63) is 96.6 Å². The van der Waals surface area contributed by atoms with Crippen LogP contribution in [0.3, 0.4) is 0 Å². The third-order valence-electron chi connectivity index (χ3n) is 9.76. The molecule has 0 aliphatic carbocycles. The maximum atomic E-state index is 13.5. The lowest BCUT2D eigenvalue weighted by atomic mass is 10.2. The van der Waals surface area contributed by atoms with Gasteiger partial charge in [0.25, 0.3) is 15.0 Å². The van der Waals surface area contributed by atoms with Crippen molar-refractivity contribution in [1.82, 2.24) is 49.2 Å². The van der Waals surface area contributed by atoms with Gasteiger partial charge >= 0.3 is 23.9 Å². The number of fused-ring (bicyclic) bond motifs is 2. The van der Waals surface area contributed by atoms with E-state index in [1.54, 1.807) is 49.5 Å². The van der Waals surface area contributed by atoms with Crippen LogP contribution >= 0.6 is 15.0 Å². The number of aromatic nitrogens is 8. The largest absolute Gasteiger partial charge is 0.479 e. The van der Waals surface area contributed by atoms with Gasteiger partial charge in [-0.2, -0.15) is 19.9 Å². The Morgan fingerprint density at radius 2 is 1.00 bits per heavy atom. The van der Waals surface area contributed by atoms with Crippen LogP contribution in [0.15, 0.2) is 85.5 Å². The number of nitrogens with two attached hydrogens (primary N) is 2. The van der Waals surface area contributed by atoms with E-state index in [1.165, 1.54) is 14.2 Å². The van der Waals surface area contributed by atoms with E-state index in [-0.39, 0.29) is 76.0 Å². The Morgan fingerprint density at radius 1 is 0.632 bits per heavy atom. The SMILES string of the molecule is CCOC(=O)[C@H](C)N[P@@](=O)(COCCn1cnc2c(OC)nc(N)nc21)OCc1ccccc1.CCOC(=O)[C@H](C)N[P@@](=O)(COCCn1cnc2c(OC)nc(N)nc21)OCc1ccccc1.O=C(O)/C=C/C(=O)O. The van der Waals surface area contributed by atoms with Gasteiger partial charge in [0.15, 0.2) is 22.3 Å².